The van der Waals surface area contributed by atoms with Gasteiger partial charge in [0.15, 0.2) is 0 Å². The summed E-state index contributed by atoms with van der Waals surface area (Å²) in [4.78, 5) is 20.4. The first-order valence-corrected chi connectivity index (χ1v) is 5.91. The number of hydrogen-bond acceptors (Lipinski definition) is 4. The molecule has 0 spiro atoms. The smallest absolute Gasteiger partial charge is 0.215 e. The molecule has 0 saturated carbocycles. The molecule has 4 nitrogen and oxygen atoms in total. The molecule has 2 heterocycles. The molecule has 18 heavy (non-hydrogen) atoms. The molecule has 0 aliphatic carbocycles. The van der Waals surface area contributed by atoms with Gasteiger partial charge in [0.25, 0.3) is 0 Å². The van der Waals surface area contributed by atoms with Gasteiger partial charge in [-0.1, -0.05) is 24.6 Å². The van der Waals surface area contributed by atoms with E-state index in [0.29, 0.717) is 10.7 Å². The first-order valence-electron chi connectivity index (χ1n) is 5.53. The fourth-order valence-electron chi connectivity index (χ4n) is 1.69. The van der Waals surface area contributed by atoms with Gasteiger partial charge in [0.2, 0.25) is 5.78 Å². The highest BCUT2D eigenvalue weighted by Crippen LogP contribution is 2.19. The fraction of sp³-hybridized carbons (Fsp3) is 0.154. The topological polar surface area (TPSA) is 68.9 Å². The van der Waals surface area contributed by atoms with Gasteiger partial charge in [-0.2, -0.15) is 0 Å². The summed E-state index contributed by atoms with van der Waals surface area (Å²) in [6.45, 7) is 1.97. The van der Waals surface area contributed by atoms with Gasteiger partial charge >= 0.3 is 0 Å². The average molecular weight is 262 g/mol. The lowest BCUT2D eigenvalue weighted by Crippen LogP contribution is -2.11. The summed E-state index contributed by atoms with van der Waals surface area (Å²) in [7, 11) is 0. The van der Waals surface area contributed by atoms with E-state index in [9.17, 15) is 4.79 Å². The zero-order chi connectivity index (χ0) is 13.1. The number of halogens is 1. The van der Waals surface area contributed by atoms with E-state index < -0.39 is 0 Å². The molecule has 2 rings (SSSR count). The first kappa shape index (κ1) is 12.5. The van der Waals surface area contributed by atoms with Crippen LogP contribution in [0.2, 0.25) is 5.02 Å². The Bertz CT molecular complexity index is 599. The molecule has 0 amide bonds. The van der Waals surface area contributed by atoms with Crippen LogP contribution in [0.5, 0.6) is 0 Å². The molecular weight excluding hydrogens is 250 g/mol. The highest BCUT2D eigenvalue weighted by atomic mass is 35.5. The first-order chi connectivity index (χ1) is 8.63. The Morgan fingerprint density at radius 2 is 2.22 bits per heavy atom. The highest BCUT2D eigenvalue weighted by Gasteiger charge is 2.17. The van der Waals surface area contributed by atoms with E-state index in [2.05, 4.69) is 9.97 Å². The number of nitrogens with two attached hydrogens (primary N) is 1. The predicted octanol–water partition coefficient (Wildman–Crippen LogP) is 2.51. The van der Waals surface area contributed by atoms with Crippen molar-refractivity contribution >= 4 is 23.2 Å². The molecule has 2 N–H and O–H groups in total. The number of rotatable bonds is 3. The molecule has 0 aromatic carbocycles. The molecule has 5 heteroatoms. The van der Waals surface area contributed by atoms with Crippen molar-refractivity contribution in [2.75, 3.05) is 5.73 Å². The van der Waals surface area contributed by atoms with E-state index in [1.54, 1.807) is 12.3 Å². The molecular formula is C13H12ClN3O. The zero-order valence-electron chi connectivity index (χ0n) is 9.85. The maximum Gasteiger partial charge on any atom is 0.215 e. The summed E-state index contributed by atoms with van der Waals surface area (Å²) < 4.78 is 0. The number of ketones is 1. The highest BCUT2D eigenvalue weighted by molar-refractivity contribution is 6.31. The minimum Gasteiger partial charge on any atom is -0.383 e. The fourth-order valence-corrected chi connectivity index (χ4v) is 1.85. The average Bonchev–Trinajstić information content (AvgIpc) is 2.40. The number of aryl methyl sites for hydroxylation is 1. The molecule has 0 bridgehead atoms. The molecule has 92 valence electrons. The lowest BCUT2D eigenvalue weighted by atomic mass is 10.0. The van der Waals surface area contributed by atoms with Crippen LogP contribution in [-0.4, -0.2) is 15.8 Å². The Morgan fingerprint density at radius 3 is 2.94 bits per heavy atom. The van der Waals surface area contributed by atoms with Crippen molar-refractivity contribution < 1.29 is 4.79 Å². The Morgan fingerprint density at radius 1 is 1.44 bits per heavy atom. The van der Waals surface area contributed by atoms with Gasteiger partial charge < -0.3 is 5.73 Å². The zero-order valence-corrected chi connectivity index (χ0v) is 10.6. The van der Waals surface area contributed by atoms with E-state index in [1.807, 2.05) is 13.0 Å². The standard InChI is InChI=1S/C13H12ClN3O/c1-2-8-4-3-5-16-11(8)12(18)10-6-9(14)7-17-13(10)15/h3-7H,2H2,1H3,(H2,15,17). The van der Waals surface area contributed by atoms with Crippen LogP contribution >= 0.6 is 11.6 Å². The third-order valence-corrected chi connectivity index (χ3v) is 2.82. The third-order valence-electron chi connectivity index (χ3n) is 2.62. The Labute approximate surface area is 110 Å². The van der Waals surface area contributed by atoms with Gasteiger partial charge in [0, 0.05) is 12.4 Å². The molecule has 0 saturated heterocycles. The van der Waals surface area contributed by atoms with Crippen LogP contribution in [0.1, 0.15) is 28.5 Å². The third kappa shape index (κ3) is 2.33. The second kappa shape index (κ2) is 5.14. The molecule has 0 aliphatic heterocycles. The largest absolute Gasteiger partial charge is 0.383 e. The summed E-state index contributed by atoms with van der Waals surface area (Å²) in [6, 6.07) is 5.18. The number of anilines is 1. The maximum atomic E-state index is 12.4. The Balaban J connectivity index is 2.51. The molecule has 0 atom stereocenters. The van der Waals surface area contributed by atoms with Crippen molar-refractivity contribution in [2.24, 2.45) is 0 Å². The van der Waals surface area contributed by atoms with Crippen LogP contribution in [0.15, 0.2) is 30.6 Å². The van der Waals surface area contributed by atoms with Gasteiger partial charge in [-0.3, -0.25) is 9.78 Å². The summed E-state index contributed by atoms with van der Waals surface area (Å²) in [5.74, 6) is -0.0861. The minimum atomic E-state index is -0.250. The van der Waals surface area contributed by atoms with E-state index in [4.69, 9.17) is 17.3 Å². The normalized spacial score (nSPS) is 10.3. The quantitative estimate of drug-likeness (QED) is 0.862. The Hall–Kier alpha value is -1.94. The minimum absolute atomic E-state index is 0.164. The van der Waals surface area contributed by atoms with Crippen LogP contribution in [0.25, 0.3) is 0 Å². The van der Waals surface area contributed by atoms with Gasteiger partial charge in [-0.05, 0) is 24.1 Å². The summed E-state index contributed by atoms with van der Waals surface area (Å²) in [5, 5.41) is 0.376. The second-order valence-electron chi connectivity index (χ2n) is 3.78. The Kier molecular flexibility index (Phi) is 3.58. The van der Waals surface area contributed by atoms with Gasteiger partial charge in [0.05, 0.1) is 10.6 Å². The van der Waals surface area contributed by atoms with Crippen LogP contribution in [-0.2, 0) is 6.42 Å². The number of nitrogens with zero attached hydrogens (tertiary/aromatic N) is 2. The predicted molar refractivity (Wildman–Crippen MR) is 70.7 cm³/mol. The number of carbonyl (C=O) groups is 1. The number of hydrogen-bond donors (Lipinski definition) is 1. The lowest BCUT2D eigenvalue weighted by Gasteiger charge is -2.07. The van der Waals surface area contributed by atoms with E-state index in [1.165, 1.54) is 12.3 Å². The van der Waals surface area contributed by atoms with Crippen LogP contribution < -0.4 is 5.73 Å². The van der Waals surface area contributed by atoms with Crippen molar-refractivity contribution in [1.29, 1.82) is 0 Å². The van der Waals surface area contributed by atoms with E-state index >= 15 is 0 Å². The van der Waals surface area contributed by atoms with Crippen LogP contribution in [0.4, 0.5) is 5.82 Å². The molecule has 0 unspecified atom stereocenters. The number of aromatic nitrogens is 2. The lowest BCUT2D eigenvalue weighted by molar-refractivity contribution is 0.103. The summed E-state index contributed by atoms with van der Waals surface area (Å²) >= 11 is 5.83. The number of carbonyl (C=O) groups excluding carboxylic acids is 1. The summed E-state index contributed by atoms with van der Waals surface area (Å²) in [6.07, 6.45) is 3.72. The molecule has 0 aliphatic rings. The summed E-state index contributed by atoms with van der Waals surface area (Å²) in [5.41, 5.74) is 7.26. The number of pyridine rings is 2. The molecule has 2 aromatic rings. The van der Waals surface area contributed by atoms with Crippen molar-refractivity contribution in [2.45, 2.75) is 13.3 Å². The van der Waals surface area contributed by atoms with Crippen LogP contribution in [0, 0.1) is 0 Å². The van der Waals surface area contributed by atoms with Gasteiger partial charge in [0.1, 0.15) is 11.5 Å². The number of nitrogen functional groups attached to an aromatic ring is 1. The second-order valence-corrected chi connectivity index (χ2v) is 4.22. The molecule has 0 fully saturated rings. The van der Waals surface area contributed by atoms with Crippen molar-refractivity contribution in [3.05, 3.63) is 52.4 Å². The van der Waals surface area contributed by atoms with Crippen molar-refractivity contribution in [1.82, 2.24) is 9.97 Å². The van der Waals surface area contributed by atoms with Crippen molar-refractivity contribution in [3.8, 4) is 0 Å². The monoisotopic (exact) mass is 261 g/mol. The van der Waals surface area contributed by atoms with Gasteiger partial charge in [-0.25, -0.2) is 4.98 Å². The van der Waals surface area contributed by atoms with Crippen LogP contribution in [0.3, 0.4) is 0 Å². The van der Waals surface area contributed by atoms with E-state index in [0.717, 1.165) is 12.0 Å². The molecule has 0 radical (unpaired) electrons. The SMILES string of the molecule is CCc1cccnc1C(=O)c1cc(Cl)cnc1N. The molecule has 2 aromatic heterocycles. The maximum absolute atomic E-state index is 12.4. The van der Waals surface area contributed by atoms with Gasteiger partial charge in [-0.15, -0.1) is 0 Å². The van der Waals surface area contributed by atoms with E-state index in [-0.39, 0.29) is 17.2 Å². The van der Waals surface area contributed by atoms with Crippen molar-refractivity contribution in [3.63, 3.8) is 0 Å².